The van der Waals surface area contributed by atoms with Crippen LogP contribution in [0.1, 0.15) is 16.1 Å². The smallest absolute Gasteiger partial charge is 0.291 e. The van der Waals surface area contributed by atoms with Gasteiger partial charge in [0.2, 0.25) is 0 Å². The second kappa shape index (κ2) is 6.04. The fourth-order valence-corrected chi connectivity index (χ4v) is 2.43. The van der Waals surface area contributed by atoms with Gasteiger partial charge in [-0.15, -0.1) is 0 Å². The highest BCUT2D eigenvalue weighted by Crippen LogP contribution is 2.29. The number of nitro groups is 1. The Kier molecular flexibility index (Phi) is 3.91. The van der Waals surface area contributed by atoms with Gasteiger partial charge in [-0.25, -0.2) is 0 Å². The first kappa shape index (κ1) is 15.5. The summed E-state index contributed by atoms with van der Waals surface area (Å²) in [5, 5.41) is 14.2. The molecule has 0 aliphatic rings. The number of rotatable bonds is 4. The molecule has 1 aromatic heterocycles. The first-order valence-electron chi connectivity index (χ1n) is 7.12. The van der Waals surface area contributed by atoms with Crippen LogP contribution in [0.15, 0.2) is 46.9 Å². The monoisotopic (exact) mass is 326 g/mol. The summed E-state index contributed by atoms with van der Waals surface area (Å²) in [5.41, 5.74) is 1.47. The summed E-state index contributed by atoms with van der Waals surface area (Å²) >= 11 is 0. The predicted octanol–water partition coefficient (Wildman–Crippen LogP) is 3.91. The number of hydrogen-bond acceptors (Lipinski definition) is 5. The van der Waals surface area contributed by atoms with E-state index < -0.39 is 10.8 Å². The number of nitro benzene ring substituents is 1. The fourth-order valence-electron chi connectivity index (χ4n) is 2.43. The molecule has 0 aliphatic heterocycles. The number of benzene rings is 2. The van der Waals surface area contributed by atoms with E-state index in [4.69, 9.17) is 9.15 Å². The zero-order valence-electron chi connectivity index (χ0n) is 13.0. The van der Waals surface area contributed by atoms with Crippen molar-refractivity contribution < 1.29 is 18.9 Å². The Bertz CT molecular complexity index is 945. The van der Waals surface area contributed by atoms with Crippen molar-refractivity contribution in [3.8, 4) is 5.75 Å². The third-order valence-electron chi connectivity index (χ3n) is 3.66. The van der Waals surface area contributed by atoms with Crippen molar-refractivity contribution in [2.45, 2.75) is 6.92 Å². The van der Waals surface area contributed by atoms with Crippen LogP contribution >= 0.6 is 0 Å². The highest BCUT2D eigenvalue weighted by molar-refractivity contribution is 6.06. The van der Waals surface area contributed by atoms with E-state index in [0.717, 1.165) is 5.39 Å². The molecule has 3 aromatic rings. The molecule has 0 bridgehead atoms. The maximum atomic E-state index is 12.4. The van der Waals surface area contributed by atoms with Gasteiger partial charge in [-0.1, -0.05) is 6.07 Å². The van der Waals surface area contributed by atoms with Crippen molar-refractivity contribution in [3.63, 3.8) is 0 Å². The molecule has 0 radical (unpaired) electrons. The van der Waals surface area contributed by atoms with Gasteiger partial charge >= 0.3 is 0 Å². The van der Waals surface area contributed by atoms with Gasteiger partial charge in [-0.05, 0) is 31.2 Å². The lowest BCUT2D eigenvalue weighted by molar-refractivity contribution is -0.384. The lowest BCUT2D eigenvalue weighted by Crippen LogP contribution is -2.12. The number of nitrogens with zero attached hydrogens (tertiary/aromatic N) is 1. The van der Waals surface area contributed by atoms with E-state index in [1.54, 1.807) is 38.3 Å². The second-order valence-electron chi connectivity index (χ2n) is 5.18. The number of nitrogens with one attached hydrogen (secondary N) is 1. The largest absolute Gasteiger partial charge is 0.497 e. The molecular weight excluding hydrogens is 312 g/mol. The molecule has 1 heterocycles. The van der Waals surface area contributed by atoms with E-state index in [1.807, 2.05) is 0 Å². The third-order valence-corrected chi connectivity index (χ3v) is 3.66. The Hall–Kier alpha value is -3.35. The van der Waals surface area contributed by atoms with Crippen molar-refractivity contribution in [1.29, 1.82) is 0 Å². The number of aryl methyl sites for hydroxylation is 1. The molecule has 0 fully saturated rings. The summed E-state index contributed by atoms with van der Waals surface area (Å²) in [7, 11) is 1.56. The molecule has 3 rings (SSSR count). The highest BCUT2D eigenvalue weighted by atomic mass is 16.6. The van der Waals surface area contributed by atoms with Crippen LogP contribution in [0.5, 0.6) is 5.75 Å². The molecule has 0 saturated heterocycles. The average molecular weight is 326 g/mol. The van der Waals surface area contributed by atoms with E-state index in [0.29, 0.717) is 22.6 Å². The summed E-state index contributed by atoms with van der Waals surface area (Å²) < 4.78 is 10.8. The van der Waals surface area contributed by atoms with Crippen molar-refractivity contribution in [2.24, 2.45) is 0 Å². The summed E-state index contributed by atoms with van der Waals surface area (Å²) in [6.45, 7) is 1.77. The van der Waals surface area contributed by atoms with E-state index in [-0.39, 0.29) is 11.4 Å². The van der Waals surface area contributed by atoms with Crippen LogP contribution in [0.2, 0.25) is 0 Å². The Morgan fingerprint density at radius 2 is 2.04 bits per heavy atom. The van der Waals surface area contributed by atoms with Gasteiger partial charge in [-0.3, -0.25) is 14.9 Å². The third kappa shape index (κ3) is 2.79. The molecule has 1 N–H and O–H groups in total. The first-order chi connectivity index (χ1) is 11.5. The molecule has 7 nitrogen and oxygen atoms in total. The number of hydrogen-bond donors (Lipinski definition) is 1. The maximum absolute atomic E-state index is 12.4. The van der Waals surface area contributed by atoms with Gasteiger partial charge in [-0.2, -0.15) is 0 Å². The molecule has 0 aliphatic carbocycles. The molecule has 0 spiro atoms. The number of amides is 1. The van der Waals surface area contributed by atoms with E-state index in [1.165, 1.54) is 18.2 Å². The van der Waals surface area contributed by atoms with Gasteiger partial charge in [0.15, 0.2) is 5.76 Å². The van der Waals surface area contributed by atoms with Gasteiger partial charge in [0, 0.05) is 28.8 Å². The SMILES string of the molecule is COc1ccc2oc(C(=O)Nc3cccc([N+](=O)[O-])c3)c(C)c2c1. The van der Waals surface area contributed by atoms with E-state index >= 15 is 0 Å². The minimum atomic E-state index is -0.519. The lowest BCUT2D eigenvalue weighted by atomic mass is 10.1. The van der Waals surface area contributed by atoms with Crippen molar-refractivity contribution in [3.05, 3.63) is 63.9 Å². The van der Waals surface area contributed by atoms with Gasteiger partial charge < -0.3 is 14.5 Å². The average Bonchev–Trinajstić information content (AvgIpc) is 2.91. The van der Waals surface area contributed by atoms with E-state index in [2.05, 4.69) is 5.32 Å². The lowest BCUT2D eigenvalue weighted by Gasteiger charge is -2.03. The molecule has 1 amide bonds. The molecule has 0 saturated carbocycles. The van der Waals surface area contributed by atoms with Crippen LogP contribution in [0.25, 0.3) is 11.0 Å². The normalized spacial score (nSPS) is 10.6. The van der Waals surface area contributed by atoms with Crippen LogP contribution in [0, 0.1) is 17.0 Å². The van der Waals surface area contributed by atoms with Crippen LogP contribution in [0.3, 0.4) is 0 Å². The first-order valence-corrected chi connectivity index (χ1v) is 7.12. The predicted molar refractivity (Wildman–Crippen MR) is 88.6 cm³/mol. The van der Waals surface area contributed by atoms with Crippen molar-refractivity contribution >= 4 is 28.3 Å². The topological polar surface area (TPSA) is 94.6 Å². The Morgan fingerprint density at radius 1 is 1.25 bits per heavy atom. The summed E-state index contributed by atoms with van der Waals surface area (Å²) in [6.07, 6.45) is 0. The molecule has 2 aromatic carbocycles. The van der Waals surface area contributed by atoms with E-state index in [9.17, 15) is 14.9 Å². The molecule has 0 unspecified atom stereocenters. The molecular formula is C17H14N2O5. The summed E-state index contributed by atoms with van der Waals surface area (Å²) in [4.78, 5) is 22.7. The van der Waals surface area contributed by atoms with Crippen LogP contribution in [-0.4, -0.2) is 17.9 Å². The Labute approximate surface area is 137 Å². The molecule has 122 valence electrons. The Morgan fingerprint density at radius 3 is 2.75 bits per heavy atom. The standard InChI is InChI=1S/C17H14N2O5/c1-10-14-9-13(23-2)6-7-15(14)24-16(10)17(20)18-11-4-3-5-12(8-11)19(21)22/h3-9H,1-2H3,(H,18,20). The summed E-state index contributed by atoms with van der Waals surface area (Å²) in [5.74, 6) is 0.352. The zero-order chi connectivity index (χ0) is 17.3. The number of carbonyl (C=O) groups is 1. The minimum absolute atomic E-state index is 0.0983. The summed E-state index contributed by atoms with van der Waals surface area (Å²) in [6, 6.07) is 11.0. The molecule has 0 atom stereocenters. The number of carbonyl (C=O) groups excluding carboxylic acids is 1. The number of fused-ring (bicyclic) bond motifs is 1. The number of non-ortho nitro benzene ring substituents is 1. The molecule has 7 heteroatoms. The van der Waals surface area contributed by atoms with Crippen LogP contribution < -0.4 is 10.1 Å². The second-order valence-corrected chi connectivity index (χ2v) is 5.18. The van der Waals surface area contributed by atoms with Gasteiger partial charge in [0.25, 0.3) is 11.6 Å². The number of methoxy groups -OCH3 is 1. The van der Waals surface area contributed by atoms with Crippen LogP contribution in [-0.2, 0) is 0 Å². The number of ether oxygens (including phenoxy) is 1. The van der Waals surface area contributed by atoms with Crippen molar-refractivity contribution in [1.82, 2.24) is 0 Å². The zero-order valence-corrected chi connectivity index (χ0v) is 13.0. The highest BCUT2D eigenvalue weighted by Gasteiger charge is 2.19. The van der Waals surface area contributed by atoms with Gasteiger partial charge in [0.1, 0.15) is 11.3 Å². The number of furan rings is 1. The minimum Gasteiger partial charge on any atom is -0.497 e. The molecule has 24 heavy (non-hydrogen) atoms. The fraction of sp³-hybridized carbons (Fsp3) is 0.118. The quantitative estimate of drug-likeness (QED) is 0.579. The van der Waals surface area contributed by atoms with Crippen LogP contribution in [0.4, 0.5) is 11.4 Å². The number of anilines is 1. The van der Waals surface area contributed by atoms with Gasteiger partial charge in [0.05, 0.1) is 12.0 Å². The maximum Gasteiger partial charge on any atom is 0.291 e. The van der Waals surface area contributed by atoms with Crippen molar-refractivity contribution in [2.75, 3.05) is 12.4 Å². The Balaban J connectivity index is 1.93.